The predicted octanol–water partition coefficient (Wildman–Crippen LogP) is 13.4. The van der Waals surface area contributed by atoms with Crippen LogP contribution in [0.15, 0.2) is 73.1 Å². The van der Waals surface area contributed by atoms with Gasteiger partial charge >= 0.3 is 0 Å². The van der Waals surface area contributed by atoms with Crippen LogP contribution in [-0.2, 0) is 18.4 Å². The molecule has 1 heterocycles. The summed E-state index contributed by atoms with van der Waals surface area (Å²) in [6.07, 6.45) is 34.4. The van der Waals surface area contributed by atoms with Crippen molar-refractivity contribution >= 4 is 0 Å². The lowest BCUT2D eigenvalue weighted by Gasteiger charge is -2.39. The summed E-state index contributed by atoms with van der Waals surface area (Å²) in [7, 11) is 0. The molecular weight excluding hydrogens is 544 g/mol. The van der Waals surface area contributed by atoms with E-state index in [2.05, 4.69) is 98.4 Å². The van der Waals surface area contributed by atoms with Crippen molar-refractivity contribution in [3.8, 4) is 0 Å². The summed E-state index contributed by atoms with van der Waals surface area (Å²) >= 11 is 0. The summed E-state index contributed by atoms with van der Waals surface area (Å²) in [4.78, 5) is 5.09. The lowest BCUT2D eigenvalue weighted by Crippen LogP contribution is -2.35. The van der Waals surface area contributed by atoms with Crippen LogP contribution in [0.25, 0.3) is 0 Å². The predicted molar refractivity (Wildman–Crippen MR) is 197 cm³/mol. The Morgan fingerprint density at radius 3 is 1.58 bits per heavy atom. The number of hydrogen-bond donors (Lipinski definition) is 0. The first-order chi connectivity index (χ1) is 22.2. The van der Waals surface area contributed by atoms with Crippen LogP contribution in [0.5, 0.6) is 0 Å². The Kier molecular flexibility index (Phi) is 19.0. The van der Waals surface area contributed by atoms with Crippen molar-refractivity contribution in [1.82, 2.24) is 9.55 Å². The SMILES string of the molecule is CCCCCCCCCCCCCCCCCCCC(c1nccn1CCCCC)C(C)(Cc1ccccc1)c1ccccc1. The molecule has 1 aromatic heterocycles. The van der Waals surface area contributed by atoms with Crippen LogP contribution in [0.4, 0.5) is 0 Å². The third-order valence-corrected chi connectivity index (χ3v) is 10.3. The summed E-state index contributed by atoms with van der Waals surface area (Å²) in [6.45, 7) is 8.19. The van der Waals surface area contributed by atoms with Gasteiger partial charge in [-0.25, -0.2) is 4.98 Å². The second kappa shape index (κ2) is 23.0. The highest BCUT2D eigenvalue weighted by molar-refractivity contribution is 5.33. The molecule has 2 unspecified atom stereocenters. The van der Waals surface area contributed by atoms with Gasteiger partial charge in [0.1, 0.15) is 5.82 Å². The zero-order valence-electron chi connectivity index (χ0n) is 29.7. The second-order valence-corrected chi connectivity index (χ2v) is 14.1. The maximum Gasteiger partial charge on any atom is 0.112 e. The minimum Gasteiger partial charge on any atom is -0.335 e. The van der Waals surface area contributed by atoms with Crippen LogP contribution in [0.2, 0.25) is 0 Å². The quantitative estimate of drug-likeness (QED) is 0.0783. The number of unbranched alkanes of at least 4 members (excludes halogenated alkanes) is 18. The maximum atomic E-state index is 5.09. The van der Waals surface area contributed by atoms with Crippen LogP contribution >= 0.6 is 0 Å². The van der Waals surface area contributed by atoms with Gasteiger partial charge in [0.15, 0.2) is 0 Å². The van der Waals surface area contributed by atoms with Gasteiger partial charge in [0, 0.05) is 30.3 Å². The van der Waals surface area contributed by atoms with Crippen molar-refractivity contribution < 1.29 is 0 Å². The summed E-state index contributed by atoms with van der Waals surface area (Å²) < 4.78 is 2.49. The van der Waals surface area contributed by atoms with Crippen LogP contribution in [-0.4, -0.2) is 9.55 Å². The molecule has 2 nitrogen and oxygen atoms in total. The zero-order chi connectivity index (χ0) is 31.8. The molecule has 3 rings (SSSR count). The number of benzene rings is 2. The molecule has 0 amide bonds. The molecule has 3 aromatic rings. The summed E-state index contributed by atoms with van der Waals surface area (Å²) in [5, 5.41) is 0. The van der Waals surface area contributed by atoms with E-state index in [0.717, 1.165) is 13.0 Å². The molecule has 250 valence electrons. The van der Waals surface area contributed by atoms with Crippen molar-refractivity contribution in [1.29, 1.82) is 0 Å². The average molecular weight is 613 g/mol. The molecule has 0 saturated heterocycles. The molecule has 0 N–H and O–H groups in total. The van der Waals surface area contributed by atoms with E-state index in [-0.39, 0.29) is 5.41 Å². The van der Waals surface area contributed by atoms with Crippen LogP contribution < -0.4 is 0 Å². The third kappa shape index (κ3) is 13.9. The highest BCUT2D eigenvalue weighted by Gasteiger charge is 2.39. The van der Waals surface area contributed by atoms with E-state index in [0.29, 0.717) is 5.92 Å². The van der Waals surface area contributed by atoms with Gasteiger partial charge in [-0.1, -0.05) is 203 Å². The van der Waals surface area contributed by atoms with Crippen molar-refractivity contribution in [3.63, 3.8) is 0 Å². The van der Waals surface area contributed by atoms with Crippen LogP contribution in [0.1, 0.15) is 178 Å². The Morgan fingerprint density at radius 1 is 0.578 bits per heavy atom. The van der Waals surface area contributed by atoms with Gasteiger partial charge in [0.05, 0.1) is 0 Å². The number of aromatic nitrogens is 2. The average Bonchev–Trinajstić information content (AvgIpc) is 3.53. The van der Waals surface area contributed by atoms with E-state index < -0.39 is 0 Å². The summed E-state index contributed by atoms with van der Waals surface area (Å²) in [6, 6.07) is 22.4. The molecule has 2 atom stereocenters. The molecule has 0 radical (unpaired) electrons. The molecular formula is C43H68N2. The number of hydrogen-bond acceptors (Lipinski definition) is 1. The molecule has 0 spiro atoms. The molecule has 0 aliphatic heterocycles. The highest BCUT2D eigenvalue weighted by atomic mass is 15.1. The fourth-order valence-electron chi connectivity index (χ4n) is 7.42. The Balaban J connectivity index is 1.50. The van der Waals surface area contributed by atoms with E-state index in [1.807, 2.05) is 0 Å². The number of rotatable bonds is 27. The Morgan fingerprint density at radius 2 is 1.04 bits per heavy atom. The van der Waals surface area contributed by atoms with E-state index in [1.165, 1.54) is 152 Å². The number of aryl methyl sites for hydroxylation is 1. The minimum absolute atomic E-state index is 0.0223. The van der Waals surface area contributed by atoms with Gasteiger partial charge in [-0.15, -0.1) is 0 Å². The molecule has 0 aliphatic carbocycles. The fraction of sp³-hybridized carbons (Fsp3) is 0.651. The van der Waals surface area contributed by atoms with E-state index in [9.17, 15) is 0 Å². The normalized spacial score (nSPS) is 13.6. The fourth-order valence-corrected chi connectivity index (χ4v) is 7.42. The molecule has 0 bridgehead atoms. The van der Waals surface area contributed by atoms with Crippen molar-refractivity contribution in [2.24, 2.45) is 0 Å². The van der Waals surface area contributed by atoms with Crippen molar-refractivity contribution in [2.75, 3.05) is 0 Å². The van der Waals surface area contributed by atoms with Crippen molar-refractivity contribution in [3.05, 3.63) is 90.0 Å². The molecule has 2 aromatic carbocycles. The first-order valence-corrected chi connectivity index (χ1v) is 19.3. The lowest BCUT2D eigenvalue weighted by atomic mass is 9.66. The lowest BCUT2D eigenvalue weighted by molar-refractivity contribution is 0.321. The van der Waals surface area contributed by atoms with Crippen LogP contribution in [0, 0.1) is 0 Å². The minimum atomic E-state index is -0.0223. The van der Waals surface area contributed by atoms with Gasteiger partial charge < -0.3 is 4.57 Å². The maximum absolute atomic E-state index is 5.09. The van der Waals surface area contributed by atoms with Gasteiger partial charge in [-0.2, -0.15) is 0 Å². The summed E-state index contributed by atoms with van der Waals surface area (Å²) in [5.41, 5.74) is 2.83. The third-order valence-electron chi connectivity index (χ3n) is 10.3. The second-order valence-electron chi connectivity index (χ2n) is 14.1. The standard InChI is InChI=1S/C43H68N2/c1-4-6-8-9-10-11-12-13-14-15-16-17-18-19-20-21-28-34-41(42-44-35-37-45(42)36-29-7-5-2)43(3,40-32-26-23-27-33-40)38-39-30-24-22-25-31-39/h22-27,30-33,35,37,41H,4-21,28-29,34,36,38H2,1-3H3. The Hall–Kier alpha value is -2.35. The number of imidazole rings is 1. The van der Waals surface area contributed by atoms with E-state index >= 15 is 0 Å². The van der Waals surface area contributed by atoms with Gasteiger partial charge in [0.25, 0.3) is 0 Å². The largest absolute Gasteiger partial charge is 0.335 e. The topological polar surface area (TPSA) is 17.8 Å². The van der Waals surface area contributed by atoms with Crippen LogP contribution in [0.3, 0.4) is 0 Å². The summed E-state index contributed by atoms with van der Waals surface area (Å²) in [5.74, 6) is 1.68. The Labute approximate surface area is 278 Å². The van der Waals surface area contributed by atoms with Gasteiger partial charge in [-0.05, 0) is 30.4 Å². The van der Waals surface area contributed by atoms with E-state index in [4.69, 9.17) is 4.98 Å². The van der Waals surface area contributed by atoms with Gasteiger partial charge in [-0.3, -0.25) is 0 Å². The monoisotopic (exact) mass is 613 g/mol. The first-order valence-electron chi connectivity index (χ1n) is 19.3. The molecule has 0 fully saturated rings. The molecule has 2 heteroatoms. The molecule has 45 heavy (non-hydrogen) atoms. The highest BCUT2D eigenvalue weighted by Crippen LogP contribution is 2.44. The Bertz CT molecular complexity index is 1090. The first kappa shape index (κ1) is 37.1. The van der Waals surface area contributed by atoms with Crippen molar-refractivity contribution in [2.45, 2.75) is 180 Å². The smallest absolute Gasteiger partial charge is 0.112 e. The molecule has 0 aliphatic rings. The van der Waals surface area contributed by atoms with Gasteiger partial charge in [0.2, 0.25) is 0 Å². The van der Waals surface area contributed by atoms with E-state index in [1.54, 1.807) is 0 Å². The molecule has 0 saturated carbocycles. The zero-order valence-corrected chi connectivity index (χ0v) is 29.7. The number of nitrogens with zero attached hydrogens (tertiary/aromatic N) is 2.